The Labute approximate surface area is 191 Å². The van der Waals surface area contributed by atoms with Crippen LogP contribution in [0.1, 0.15) is 49.7 Å². The van der Waals surface area contributed by atoms with E-state index in [1.807, 2.05) is 12.1 Å². The van der Waals surface area contributed by atoms with Gasteiger partial charge in [-0.15, -0.1) is 0 Å². The van der Waals surface area contributed by atoms with Crippen LogP contribution in [0.15, 0.2) is 18.2 Å². The van der Waals surface area contributed by atoms with Crippen LogP contribution < -0.4 is 0 Å². The number of aliphatic hydroxyl groups excluding tert-OH is 4. The van der Waals surface area contributed by atoms with Crippen molar-refractivity contribution in [3.63, 3.8) is 0 Å². The van der Waals surface area contributed by atoms with Crippen molar-refractivity contribution < 1.29 is 44.9 Å². The van der Waals surface area contributed by atoms with Crippen molar-refractivity contribution in [3.05, 3.63) is 29.3 Å². The SMILES string of the molecule is C[C@]12CCC3c4ccc(O)cc4CCC3C1C[C@@H](O)[C@@H]2O[C@@H]1O[C@H](C(=O)O)[C@@H](O)[C@H](O)[C@H]1O. The van der Waals surface area contributed by atoms with E-state index in [1.165, 1.54) is 11.1 Å². The van der Waals surface area contributed by atoms with Crippen molar-refractivity contribution >= 4 is 5.97 Å². The monoisotopic (exact) mass is 464 g/mol. The van der Waals surface area contributed by atoms with E-state index in [2.05, 4.69) is 6.92 Å². The molecule has 4 aliphatic rings. The summed E-state index contributed by atoms with van der Waals surface area (Å²) in [6.45, 7) is 2.07. The Hall–Kier alpha value is -1.75. The Kier molecular flexibility index (Phi) is 5.70. The third-order valence-electron chi connectivity index (χ3n) is 8.74. The van der Waals surface area contributed by atoms with Crippen LogP contribution in [0, 0.1) is 17.3 Å². The van der Waals surface area contributed by atoms with Crippen molar-refractivity contribution in [2.24, 2.45) is 17.3 Å². The highest BCUT2D eigenvalue weighted by molar-refractivity contribution is 5.73. The molecule has 0 bridgehead atoms. The highest BCUT2D eigenvalue weighted by Gasteiger charge is 2.60. The van der Waals surface area contributed by atoms with Crippen LogP contribution in [0.5, 0.6) is 5.75 Å². The van der Waals surface area contributed by atoms with Gasteiger partial charge in [0, 0.05) is 0 Å². The first-order chi connectivity index (χ1) is 15.6. The summed E-state index contributed by atoms with van der Waals surface area (Å²) < 4.78 is 11.3. The fraction of sp³-hybridized carbons (Fsp3) is 0.708. The fourth-order valence-corrected chi connectivity index (χ4v) is 7.09. The number of rotatable bonds is 3. The number of phenolic OH excluding ortho intramolecular Hbond substituents is 1. The molecule has 182 valence electrons. The summed E-state index contributed by atoms with van der Waals surface area (Å²) in [6.07, 6.45) is -5.97. The van der Waals surface area contributed by atoms with Crippen LogP contribution in [0.3, 0.4) is 0 Å². The molecule has 9 heteroatoms. The topological polar surface area (TPSA) is 157 Å². The summed E-state index contributed by atoms with van der Waals surface area (Å²) in [5.74, 6) is -0.366. The highest BCUT2D eigenvalue weighted by Crippen LogP contribution is 2.62. The minimum absolute atomic E-state index is 0.157. The Balaban J connectivity index is 1.38. The van der Waals surface area contributed by atoms with E-state index in [9.17, 15) is 35.4 Å². The number of aliphatic hydroxyl groups is 4. The van der Waals surface area contributed by atoms with E-state index in [0.717, 1.165) is 25.7 Å². The maximum absolute atomic E-state index is 11.4. The van der Waals surface area contributed by atoms with Crippen molar-refractivity contribution in [2.75, 3.05) is 0 Å². The minimum Gasteiger partial charge on any atom is -0.508 e. The molecule has 0 radical (unpaired) electrons. The van der Waals surface area contributed by atoms with Gasteiger partial charge in [0.15, 0.2) is 12.4 Å². The minimum atomic E-state index is -1.79. The summed E-state index contributed by atoms with van der Waals surface area (Å²) in [5, 5.41) is 60.6. The van der Waals surface area contributed by atoms with Crippen LogP contribution in [-0.2, 0) is 20.7 Å². The molecule has 11 atom stereocenters. The number of carbonyl (C=O) groups is 1. The number of carboxylic acids is 1. The predicted octanol–water partition coefficient (Wildman–Crippen LogP) is 0.496. The van der Waals surface area contributed by atoms with Crippen molar-refractivity contribution in [1.82, 2.24) is 0 Å². The summed E-state index contributed by atoms with van der Waals surface area (Å²) in [7, 11) is 0. The van der Waals surface area contributed by atoms with Gasteiger partial charge >= 0.3 is 5.97 Å². The van der Waals surface area contributed by atoms with Gasteiger partial charge in [0.1, 0.15) is 24.1 Å². The number of carboxylic acid groups (broad SMARTS) is 1. The number of fused-ring (bicyclic) bond motifs is 5. The number of ether oxygens (including phenoxy) is 2. The molecule has 6 N–H and O–H groups in total. The van der Waals surface area contributed by atoms with Crippen molar-refractivity contribution in [2.45, 2.75) is 87.9 Å². The van der Waals surface area contributed by atoms with Gasteiger partial charge in [-0.2, -0.15) is 0 Å². The van der Waals surface area contributed by atoms with E-state index >= 15 is 0 Å². The molecule has 1 heterocycles. The Bertz CT molecular complexity index is 921. The van der Waals surface area contributed by atoms with Gasteiger partial charge in [0.05, 0.1) is 12.2 Å². The first kappa shape index (κ1) is 23.0. The second kappa shape index (κ2) is 8.18. The summed E-state index contributed by atoms with van der Waals surface area (Å²) in [4.78, 5) is 11.4. The van der Waals surface area contributed by atoms with E-state index in [-0.39, 0.29) is 11.7 Å². The van der Waals surface area contributed by atoms with E-state index < -0.39 is 54.3 Å². The Morgan fingerprint density at radius 1 is 1.12 bits per heavy atom. The van der Waals surface area contributed by atoms with Gasteiger partial charge in [0.2, 0.25) is 0 Å². The van der Waals surface area contributed by atoms with E-state index in [0.29, 0.717) is 18.3 Å². The molecule has 1 aliphatic heterocycles. The first-order valence-corrected chi connectivity index (χ1v) is 11.7. The van der Waals surface area contributed by atoms with Gasteiger partial charge in [-0.3, -0.25) is 0 Å². The zero-order chi connectivity index (χ0) is 23.7. The third-order valence-corrected chi connectivity index (χ3v) is 8.74. The lowest BCUT2D eigenvalue weighted by Gasteiger charge is -2.51. The molecule has 1 aromatic carbocycles. The van der Waals surface area contributed by atoms with Crippen LogP contribution in [0.25, 0.3) is 0 Å². The molecule has 9 nitrogen and oxygen atoms in total. The van der Waals surface area contributed by atoms with E-state index in [4.69, 9.17) is 9.47 Å². The van der Waals surface area contributed by atoms with Crippen molar-refractivity contribution in [1.29, 1.82) is 0 Å². The van der Waals surface area contributed by atoms with E-state index in [1.54, 1.807) is 6.07 Å². The molecule has 3 aliphatic carbocycles. The summed E-state index contributed by atoms with van der Waals surface area (Å²) in [5.41, 5.74) is 2.02. The second-order valence-electron chi connectivity index (χ2n) is 10.4. The first-order valence-electron chi connectivity index (χ1n) is 11.7. The van der Waals surface area contributed by atoms with Gasteiger partial charge in [-0.25, -0.2) is 4.79 Å². The van der Waals surface area contributed by atoms with Crippen molar-refractivity contribution in [3.8, 4) is 5.75 Å². The molecule has 0 spiro atoms. The smallest absolute Gasteiger partial charge is 0.335 e. The number of aryl methyl sites for hydroxylation is 1. The fourth-order valence-electron chi connectivity index (χ4n) is 7.09. The number of aromatic hydroxyl groups is 1. The van der Waals surface area contributed by atoms with Crippen LogP contribution in [-0.4, -0.2) is 79.5 Å². The molecule has 1 saturated heterocycles. The van der Waals surface area contributed by atoms with Crippen LogP contribution in [0.4, 0.5) is 0 Å². The standard InChI is InChI=1S/C24H32O9/c1-24-7-6-13-12-5-3-11(25)8-10(12)2-4-14(13)15(24)9-16(26)21(24)33-23-19(29)17(27)18(28)20(32-23)22(30)31/h3,5,8,13-21,23,25-29H,2,4,6-7,9H2,1H3,(H,30,31)/t13?,14?,15?,16-,17+,18+,19-,20+,21+,23+,24+/m1/s1. The molecule has 1 aromatic rings. The molecule has 5 rings (SSSR count). The quantitative estimate of drug-likeness (QED) is 0.375. The molecule has 0 aromatic heterocycles. The summed E-state index contributed by atoms with van der Waals surface area (Å²) in [6, 6.07) is 5.58. The Morgan fingerprint density at radius 3 is 2.61 bits per heavy atom. The maximum Gasteiger partial charge on any atom is 0.335 e. The van der Waals surface area contributed by atoms with Gasteiger partial charge in [0.25, 0.3) is 0 Å². The lowest BCUT2D eigenvalue weighted by Crippen LogP contribution is -2.61. The number of benzene rings is 1. The molecule has 2 saturated carbocycles. The van der Waals surface area contributed by atoms with Crippen LogP contribution in [0.2, 0.25) is 0 Å². The number of hydrogen-bond donors (Lipinski definition) is 6. The van der Waals surface area contributed by atoms with Gasteiger partial charge < -0.3 is 40.1 Å². The number of aliphatic carboxylic acids is 1. The second-order valence-corrected chi connectivity index (χ2v) is 10.4. The molecule has 3 unspecified atom stereocenters. The molecule has 0 amide bonds. The lowest BCUT2D eigenvalue weighted by molar-refractivity contribution is -0.317. The number of phenols is 1. The van der Waals surface area contributed by atoms with Crippen LogP contribution >= 0.6 is 0 Å². The zero-order valence-corrected chi connectivity index (χ0v) is 18.4. The molecular formula is C24H32O9. The average Bonchev–Trinajstić information content (AvgIpc) is 3.03. The molecule has 3 fully saturated rings. The molecule has 33 heavy (non-hydrogen) atoms. The normalized spacial score (nSPS) is 46.8. The largest absolute Gasteiger partial charge is 0.508 e. The third kappa shape index (κ3) is 3.57. The lowest BCUT2D eigenvalue weighted by atomic mass is 9.55. The average molecular weight is 465 g/mol. The van der Waals surface area contributed by atoms with Gasteiger partial charge in [-0.1, -0.05) is 13.0 Å². The Morgan fingerprint density at radius 2 is 1.88 bits per heavy atom. The molecular weight excluding hydrogens is 432 g/mol. The predicted molar refractivity (Wildman–Crippen MR) is 113 cm³/mol. The maximum atomic E-state index is 11.4. The number of hydrogen-bond acceptors (Lipinski definition) is 8. The van der Waals surface area contributed by atoms with Gasteiger partial charge in [-0.05, 0) is 78.5 Å². The summed E-state index contributed by atoms with van der Waals surface area (Å²) >= 11 is 0. The zero-order valence-electron chi connectivity index (χ0n) is 18.4. The highest BCUT2D eigenvalue weighted by atomic mass is 16.7.